The summed E-state index contributed by atoms with van der Waals surface area (Å²) in [6.07, 6.45) is 2.41. The minimum atomic E-state index is -0.558. The van der Waals surface area contributed by atoms with E-state index in [-0.39, 0.29) is 61.1 Å². The molecular formula is C52H51N3O8. The van der Waals surface area contributed by atoms with Crippen LogP contribution in [-0.2, 0) is 53.3 Å². The summed E-state index contributed by atoms with van der Waals surface area (Å²) in [7, 11) is 3.52. The summed E-state index contributed by atoms with van der Waals surface area (Å²) in [6.45, 7) is 6.73. The van der Waals surface area contributed by atoms with Gasteiger partial charge >= 0.3 is 0 Å². The van der Waals surface area contributed by atoms with Gasteiger partial charge in [0.2, 0.25) is 0 Å². The third-order valence-corrected chi connectivity index (χ3v) is 12.9. The van der Waals surface area contributed by atoms with Crippen LogP contribution in [0.15, 0.2) is 91.0 Å². The molecule has 9 rings (SSSR count). The first-order chi connectivity index (χ1) is 30.4. The van der Waals surface area contributed by atoms with E-state index in [2.05, 4.69) is 11.0 Å². The number of ether oxygens (including phenoxy) is 3. The minimum absolute atomic E-state index is 0.000926. The largest absolute Gasteiger partial charge is 0.493 e. The van der Waals surface area contributed by atoms with Gasteiger partial charge in [-0.1, -0.05) is 50.2 Å². The quantitative estimate of drug-likeness (QED) is 0.116. The lowest BCUT2D eigenvalue weighted by Gasteiger charge is -2.23. The fraction of sp³-hybridized carbons (Fsp3) is 0.327. The monoisotopic (exact) mass is 845 g/mol. The number of hydrogen-bond donors (Lipinski definition) is 0. The Morgan fingerprint density at radius 2 is 1.21 bits per heavy atom. The van der Waals surface area contributed by atoms with Crippen molar-refractivity contribution in [2.45, 2.75) is 84.6 Å². The van der Waals surface area contributed by atoms with Gasteiger partial charge in [0.25, 0.3) is 11.8 Å². The lowest BCUT2D eigenvalue weighted by Crippen LogP contribution is -2.41. The van der Waals surface area contributed by atoms with Crippen molar-refractivity contribution in [2.75, 3.05) is 35.4 Å². The number of para-hydroxylation sites is 2. The summed E-state index contributed by atoms with van der Waals surface area (Å²) in [5.41, 5.74) is 9.11. The number of carbonyl (C=O) groups excluding carboxylic acids is 5. The van der Waals surface area contributed by atoms with Crippen molar-refractivity contribution in [1.29, 1.82) is 0 Å². The molecule has 11 nitrogen and oxygen atoms in total. The smallest absolute Gasteiger partial charge is 0.259 e. The van der Waals surface area contributed by atoms with Crippen molar-refractivity contribution in [3.63, 3.8) is 0 Å². The zero-order valence-corrected chi connectivity index (χ0v) is 36.4. The van der Waals surface area contributed by atoms with Gasteiger partial charge in [0.1, 0.15) is 36.8 Å². The van der Waals surface area contributed by atoms with Crippen molar-refractivity contribution in [2.24, 2.45) is 5.92 Å². The highest BCUT2D eigenvalue weighted by Crippen LogP contribution is 2.41. The Labute approximate surface area is 367 Å². The van der Waals surface area contributed by atoms with Crippen LogP contribution in [0.25, 0.3) is 0 Å². The van der Waals surface area contributed by atoms with E-state index in [1.54, 1.807) is 21.9 Å². The second-order valence-electron chi connectivity index (χ2n) is 17.5. The van der Waals surface area contributed by atoms with Gasteiger partial charge < -0.3 is 19.1 Å². The van der Waals surface area contributed by atoms with Crippen LogP contribution in [0.2, 0.25) is 0 Å². The molecule has 4 heterocycles. The normalized spacial score (nSPS) is 17.3. The van der Waals surface area contributed by atoms with Gasteiger partial charge in [-0.2, -0.15) is 0 Å². The molecule has 0 N–H and O–H groups in total. The molecule has 0 saturated carbocycles. The average Bonchev–Trinajstić information content (AvgIpc) is 3.82. The molecule has 5 aromatic rings. The highest BCUT2D eigenvalue weighted by atomic mass is 16.5. The zero-order chi connectivity index (χ0) is 44.1. The second kappa shape index (κ2) is 16.8. The molecule has 4 aliphatic rings. The van der Waals surface area contributed by atoms with E-state index in [0.29, 0.717) is 71.7 Å². The SMILES string of the molecule is COc1cc2c(cc1OCc1cc(COc3cc4c(cc3C)C(=O)N3c5ccccc5C[C@H]3C(=O)C4)cc(N(C)CCCC(=O)C(C)C)c1)CC(=O)[C@@H]1Cc3ccccc3N1C2=O. The molecule has 0 aromatic heterocycles. The maximum Gasteiger partial charge on any atom is 0.259 e. The lowest BCUT2D eigenvalue weighted by atomic mass is 9.97. The number of anilines is 3. The number of nitrogens with zero attached hydrogens (tertiary/aromatic N) is 3. The Balaban J connectivity index is 0.973. The molecule has 0 unspecified atom stereocenters. The van der Waals surface area contributed by atoms with Crippen LogP contribution in [0.5, 0.6) is 17.2 Å². The molecule has 5 aromatic carbocycles. The second-order valence-corrected chi connectivity index (χ2v) is 17.5. The Hall–Kier alpha value is -6.75. The number of methoxy groups -OCH3 is 1. The van der Waals surface area contributed by atoms with E-state index >= 15 is 0 Å². The maximum absolute atomic E-state index is 14.1. The Morgan fingerprint density at radius 1 is 0.683 bits per heavy atom. The van der Waals surface area contributed by atoms with Gasteiger partial charge in [-0.3, -0.25) is 33.8 Å². The number of ketones is 3. The van der Waals surface area contributed by atoms with Crippen LogP contribution < -0.4 is 28.9 Å². The molecule has 0 saturated heterocycles. The minimum Gasteiger partial charge on any atom is -0.493 e. The molecule has 322 valence electrons. The number of carbonyl (C=O) groups is 5. The number of amides is 2. The third-order valence-electron chi connectivity index (χ3n) is 12.9. The van der Waals surface area contributed by atoms with Gasteiger partial charge in [-0.25, -0.2) is 0 Å². The molecule has 0 fully saturated rings. The van der Waals surface area contributed by atoms with E-state index < -0.39 is 12.1 Å². The predicted molar refractivity (Wildman–Crippen MR) is 241 cm³/mol. The highest BCUT2D eigenvalue weighted by molar-refractivity contribution is 6.16. The first-order valence-electron chi connectivity index (χ1n) is 21.7. The highest BCUT2D eigenvalue weighted by Gasteiger charge is 2.43. The topological polar surface area (TPSA) is 123 Å². The van der Waals surface area contributed by atoms with Crippen LogP contribution in [0.1, 0.15) is 86.3 Å². The molecule has 0 bridgehead atoms. The number of hydrogen-bond acceptors (Lipinski definition) is 9. The zero-order valence-electron chi connectivity index (χ0n) is 36.4. The van der Waals surface area contributed by atoms with Crippen molar-refractivity contribution in [1.82, 2.24) is 0 Å². The molecule has 2 amide bonds. The average molecular weight is 846 g/mol. The fourth-order valence-corrected chi connectivity index (χ4v) is 9.47. The fourth-order valence-electron chi connectivity index (χ4n) is 9.47. The third kappa shape index (κ3) is 7.85. The molecule has 2 atom stereocenters. The lowest BCUT2D eigenvalue weighted by molar-refractivity contribution is -0.122. The summed E-state index contributed by atoms with van der Waals surface area (Å²) in [4.78, 5) is 73.2. The van der Waals surface area contributed by atoms with Gasteiger partial charge in [0, 0.05) is 79.8 Å². The summed E-state index contributed by atoms with van der Waals surface area (Å²) in [6, 6.07) is 27.5. The molecular weight excluding hydrogens is 795 g/mol. The summed E-state index contributed by atoms with van der Waals surface area (Å²) >= 11 is 0. The number of rotatable bonds is 13. The van der Waals surface area contributed by atoms with Crippen molar-refractivity contribution in [3.8, 4) is 17.2 Å². The first kappa shape index (κ1) is 41.6. The van der Waals surface area contributed by atoms with Crippen LogP contribution in [0.3, 0.4) is 0 Å². The summed E-state index contributed by atoms with van der Waals surface area (Å²) in [5.74, 6) is 1.15. The van der Waals surface area contributed by atoms with Crippen molar-refractivity contribution >= 4 is 46.2 Å². The molecule has 11 heteroatoms. The van der Waals surface area contributed by atoms with E-state index in [1.807, 2.05) is 101 Å². The van der Waals surface area contributed by atoms with Crippen molar-refractivity contribution in [3.05, 3.63) is 141 Å². The summed E-state index contributed by atoms with van der Waals surface area (Å²) in [5, 5.41) is 0. The Kier molecular flexibility index (Phi) is 11.1. The van der Waals surface area contributed by atoms with E-state index in [1.165, 1.54) is 7.11 Å². The number of benzene rings is 5. The Bertz CT molecular complexity index is 2700. The van der Waals surface area contributed by atoms with Crippen LogP contribution >= 0.6 is 0 Å². The van der Waals surface area contributed by atoms with E-state index in [9.17, 15) is 24.0 Å². The number of Topliss-reactive ketones (excluding diaryl/α,β-unsaturated/α-hetero) is 3. The van der Waals surface area contributed by atoms with E-state index in [0.717, 1.165) is 44.9 Å². The van der Waals surface area contributed by atoms with Gasteiger partial charge in [-0.05, 0) is 107 Å². The molecule has 0 aliphatic carbocycles. The standard InChI is InChI=1S/C52H51N3O8/c1-30(2)45(56)15-10-16-53(4)38-19-32(28-62-48-25-36-23-46(57)43-21-34-11-6-8-13-41(34)54(43)51(59)39(36)17-31(48)3)18-33(20-38)29-63-50-26-37-24-47(58)44-22-35-12-7-9-14-42(35)55(44)52(60)40(37)27-49(50)61-5/h6-9,11-14,17-20,25-27,30,43-44H,10,15-16,21-24,28-29H2,1-5H3/t43-,44-/m0/s1. The predicted octanol–water partition coefficient (Wildman–Crippen LogP) is 8.00. The van der Waals surface area contributed by atoms with Crippen molar-refractivity contribution < 1.29 is 38.2 Å². The van der Waals surface area contributed by atoms with Crippen LogP contribution in [0.4, 0.5) is 17.1 Å². The van der Waals surface area contributed by atoms with Crippen LogP contribution in [-0.4, -0.2) is 62.0 Å². The Morgan fingerprint density at radius 3 is 1.76 bits per heavy atom. The summed E-state index contributed by atoms with van der Waals surface area (Å²) < 4.78 is 18.7. The van der Waals surface area contributed by atoms with Gasteiger partial charge in [0.05, 0.1) is 7.11 Å². The van der Waals surface area contributed by atoms with Gasteiger partial charge in [0.15, 0.2) is 23.1 Å². The number of fused-ring (bicyclic) bond motifs is 8. The van der Waals surface area contributed by atoms with E-state index in [4.69, 9.17) is 14.2 Å². The maximum atomic E-state index is 14.1. The molecule has 0 radical (unpaired) electrons. The number of aryl methyl sites for hydroxylation is 1. The molecule has 0 spiro atoms. The first-order valence-corrected chi connectivity index (χ1v) is 21.7. The molecule has 63 heavy (non-hydrogen) atoms. The van der Waals surface area contributed by atoms with Crippen LogP contribution in [0, 0.1) is 12.8 Å². The van der Waals surface area contributed by atoms with Gasteiger partial charge in [-0.15, -0.1) is 0 Å². The molecule has 4 aliphatic heterocycles.